The van der Waals surface area contributed by atoms with E-state index in [2.05, 4.69) is 0 Å². The highest BCUT2D eigenvalue weighted by molar-refractivity contribution is 7.99. The first-order chi connectivity index (χ1) is 56.7. The standard InChI is InChI=1S/C20H17NO5S.C19H14O2S.C14H14O4S.C14H14O2S.C7H5FO.2C6H6O.C5H13NO2P2/c22-20(21-23)14-15-6-4-5-9-19(15)27(24,25)18-12-10-17(11-13-18)26-16-7-2-1-3-8-16;20-14-15-6-4-5-9-19(15)22-18-12-10-17(11-13-18)21-16-7-2-1-3-8-16;15-14(16)10-11-6-4-5-9-13(11)19(17,18)12-7-2-1-3-8-12;15-14(16)10-11-6-4-5-9-13(11)17-12-7-2-1-3-8-12;8-7-4-2-1-3-6(7)5-9;2*7-6-4-2-1-3-5-6;1-6(2)5(9(3)7)10(4)8/h1-13,23H,14H2,(H,21,22);1-14H;1-9,14-16H,10H2;1-9,14-16H,10H2;1-5H;2*1-5,7H;5H,1-4H3/q;;;;;;;+2. The number of benzene rings is 13. The fourth-order valence-corrected chi connectivity index (χ4v) is 18.3. The van der Waals surface area contributed by atoms with Gasteiger partial charge < -0.3 is 40.1 Å². The highest BCUT2D eigenvalue weighted by Crippen LogP contribution is 2.41. The summed E-state index contributed by atoms with van der Waals surface area (Å²) in [5.74, 6) is 2.25. The van der Waals surface area contributed by atoms with E-state index >= 15 is 0 Å². The number of carbonyl (C=O) groups excluding carboxylic acids is 3. The maximum absolute atomic E-state index is 13.0. The Morgan fingerprint density at radius 1 is 0.415 bits per heavy atom. The number of aliphatic hydroxyl groups excluding tert-OH is 2. The highest BCUT2D eigenvalue weighted by atomic mass is 32.2. The summed E-state index contributed by atoms with van der Waals surface area (Å²) in [5.41, 5.74) is 3.71. The first kappa shape index (κ1) is 95.2. The van der Waals surface area contributed by atoms with Gasteiger partial charge in [0.05, 0.1) is 31.6 Å². The average Bonchev–Trinajstić information content (AvgIpc) is 0.797. The molecule has 0 bridgehead atoms. The predicted molar refractivity (Wildman–Crippen MR) is 459 cm³/mol. The molecule has 0 aromatic heterocycles. The number of halogens is 1. The number of aldehydes is 2. The van der Waals surface area contributed by atoms with Crippen molar-refractivity contribution in [3.8, 4) is 34.5 Å². The number of hydrogen-bond donors (Lipinski definition) is 8. The van der Waals surface area contributed by atoms with E-state index < -0.39 is 59.6 Å². The van der Waals surface area contributed by atoms with Crippen molar-refractivity contribution < 1.29 is 90.1 Å². The number of rotatable bonds is 23. The molecule has 13 aromatic rings. The molecule has 2 unspecified atom stereocenters. The fourth-order valence-electron chi connectivity index (χ4n) is 10.3. The lowest BCUT2D eigenvalue weighted by Gasteiger charge is -2.11. The van der Waals surface area contributed by atoms with Crippen LogP contribution in [0, 0.1) is 5.82 Å². The summed E-state index contributed by atoms with van der Waals surface area (Å²) in [7, 11) is -6.59. The van der Waals surface area contributed by atoms with E-state index in [0.29, 0.717) is 46.0 Å². The summed E-state index contributed by atoms with van der Waals surface area (Å²) >= 11 is 3.20. The van der Waals surface area contributed by atoms with Gasteiger partial charge >= 0.3 is 21.1 Å². The Labute approximate surface area is 697 Å². The number of para-hydroxylation sites is 4. The topological polar surface area (TPSA) is 329 Å². The van der Waals surface area contributed by atoms with Gasteiger partial charge in [-0.05, 0) is 189 Å². The van der Waals surface area contributed by atoms with E-state index in [4.69, 9.17) is 45.3 Å². The number of sulfone groups is 2. The Hall–Kier alpha value is -11.6. The third-order valence-electron chi connectivity index (χ3n) is 15.6. The smallest absolute Gasteiger partial charge is 0.407 e. The van der Waals surface area contributed by atoms with Gasteiger partial charge in [0, 0.05) is 38.0 Å². The van der Waals surface area contributed by atoms with E-state index in [1.54, 1.807) is 189 Å². The second-order valence-corrected chi connectivity index (χ2v) is 34.5. The average molecular weight is 1710 g/mol. The number of aliphatic hydroxyl groups is 4. The van der Waals surface area contributed by atoms with Crippen LogP contribution >= 0.6 is 39.1 Å². The Morgan fingerprint density at radius 2 is 0.746 bits per heavy atom. The normalized spacial score (nSPS) is 11.0. The molecule has 0 heterocycles. The van der Waals surface area contributed by atoms with Crippen LogP contribution in [0.4, 0.5) is 4.39 Å². The van der Waals surface area contributed by atoms with Gasteiger partial charge in [-0.15, -0.1) is 0 Å². The molecular formula is C91H89FN2O18P2S4+2. The Bertz CT molecular complexity index is 5380. The van der Waals surface area contributed by atoms with Crippen LogP contribution in [0.1, 0.15) is 37.4 Å². The highest BCUT2D eigenvalue weighted by Gasteiger charge is 2.42. The van der Waals surface area contributed by atoms with Gasteiger partial charge in [0.2, 0.25) is 25.6 Å². The second kappa shape index (κ2) is 51.4. The van der Waals surface area contributed by atoms with Crippen LogP contribution in [0.15, 0.2) is 391 Å². The van der Waals surface area contributed by atoms with Crippen molar-refractivity contribution in [2.24, 2.45) is 0 Å². The second-order valence-electron chi connectivity index (χ2n) is 24.9. The number of ether oxygens (including phenoxy) is 2. The van der Waals surface area contributed by atoms with Crippen molar-refractivity contribution in [2.75, 3.05) is 27.4 Å². The lowest BCUT2D eigenvalue weighted by atomic mass is 10.1. The van der Waals surface area contributed by atoms with Crippen molar-refractivity contribution in [3.63, 3.8) is 0 Å². The number of aromatic hydroxyl groups is 2. The SMILES string of the molecule is CN(C)C([P+](C)=O)[P+](C)=O.O=C(Cc1ccccc1S(=O)(=O)c1ccc(Oc2ccccc2)cc1)NO.O=Cc1ccccc1F.O=Cc1ccccc1Sc1ccc(Oc2ccccc2)cc1.O=S(=O)(c1ccccc1)c1ccccc1CC(O)O.OC(O)Cc1ccccc1Sc1ccccc1.Oc1ccccc1.Oc1ccccc1. The summed E-state index contributed by atoms with van der Waals surface area (Å²) in [6, 6.07) is 102. The summed E-state index contributed by atoms with van der Waals surface area (Å²) in [6.07, 6.45) is -1.61. The van der Waals surface area contributed by atoms with Gasteiger partial charge in [-0.3, -0.25) is 19.6 Å². The summed E-state index contributed by atoms with van der Waals surface area (Å²) in [4.78, 5) is 38.8. The third-order valence-corrected chi connectivity index (χ3v) is 25.8. The van der Waals surface area contributed by atoms with Gasteiger partial charge in [0.1, 0.15) is 53.6 Å². The van der Waals surface area contributed by atoms with Crippen molar-refractivity contribution >= 4 is 77.3 Å². The van der Waals surface area contributed by atoms with Crippen molar-refractivity contribution in [1.29, 1.82) is 0 Å². The number of phenols is 2. The van der Waals surface area contributed by atoms with E-state index in [1.165, 1.54) is 60.1 Å². The number of hydroxylamine groups is 1. The number of phenolic OH excluding ortho intramolecular Hbond substituents is 2. The van der Waals surface area contributed by atoms with Crippen LogP contribution in [0.5, 0.6) is 34.5 Å². The number of carbonyl (C=O) groups is 3. The lowest BCUT2D eigenvalue weighted by Crippen LogP contribution is -2.21. The van der Waals surface area contributed by atoms with Crippen LogP contribution in [0.2, 0.25) is 0 Å². The quantitative estimate of drug-likeness (QED) is 0.00969. The largest absolute Gasteiger partial charge is 0.508 e. The zero-order chi connectivity index (χ0) is 85.7. The Balaban J connectivity index is 0.000000218. The number of nitrogens with zero attached hydrogens (tertiary/aromatic N) is 1. The Kier molecular flexibility index (Phi) is 41.5. The summed E-state index contributed by atoms with van der Waals surface area (Å²) in [6.45, 7) is 3.22. The minimum atomic E-state index is -3.83. The van der Waals surface area contributed by atoms with Gasteiger partial charge in [-0.2, -0.15) is 0 Å². The molecular weight excluding hydrogens is 1620 g/mol. The predicted octanol–water partition coefficient (Wildman–Crippen LogP) is 19.0. The van der Waals surface area contributed by atoms with Gasteiger partial charge in [0.15, 0.2) is 25.2 Å². The molecule has 610 valence electrons. The molecule has 0 aliphatic heterocycles. The number of amides is 1. The van der Waals surface area contributed by atoms with E-state index in [-0.39, 0.29) is 49.9 Å². The van der Waals surface area contributed by atoms with Gasteiger partial charge in [-0.25, -0.2) is 31.6 Å². The molecule has 13 aromatic carbocycles. The first-order valence-electron chi connectivity index (χ1n) is 35.9. The molecule has 0 radical (unpaired) electrons. The van der Waals surface area contributed by atoms with E-state index in [9.17, 15) is 44.7 Å². The minimum Gasteiger partial charge on any atom is -0.508 e. The zero-order valence-electron chi connectivity index (χ0n) is 64.5. The number of nitrogens with one attached hydrogen (secondary N) is 1. The molecule has 20 nitrogen and oxygen atoms in total. The van der Waals surface area contributed by atoms with Crippen LogP contribution in [-0.2, 0) is 52.9 Å². The van der Waals surface area contributed by atoms with Gasteiger partial charge in [-0.1, -0.05) is 227 Å². The summed E-state index contributed by atoms with van der Waals surface area (Å²) in [5, 5.41) is 62.1. The molecule has 0 spiro atoms. The van der Waals surface area contributed by atoms with Crippen molar-refractivity contribution in [3.05, 3.63) is 385 Å². The molecule has 0 fully saturated rings. The van der Waals surface area contributed by atoms with Gasteiger partial charge in [0.25, 0.3) is 0 Å². The number of hydrogen-bond acceptors (Lipinski definition) is 21. The van der Waals surface area contributed by atoms with Crippen molar-refractivity contribution in [1.82, 2.24) is 10.4 Å². The lowest BCUT2D eigenvalue weighted by molar-refractivity contribution is -0.128. The van der Waals surface area contributed by atoms with E-state index in [0.717, 1.165) is 42.9 Å². The first-order valence-corrected chi connectivity index (χ1v) is 44.1. The minimum absolute atomic E-state index is 0.0188. The molecule has 1 amide bonds. The molecule has 2 atom stereocenters. The summed E-state index contributed by atoms with van der Waals surface area (Å²) < 4.78 is 96.6. The van der Waals surface area contributed by atoms with Crippen LogP contribution < -0.4 is 15.0 Å². The molecule has 0 saturated carbocycles. The monoisotopic (exact) mass is 1710 g/mol. The third kappa shape index (κ3) is 33.9. The maximum Gasteiger partial charge on any atom is 0.407 e. The van der Waals surface area contributed by atoms with E-state index in [1.807, 2.05) is 164 Å². The molecule has 0 saturated heterocycles. The molecule has 27 heteroatoms. The van der Waals surface area contributed by atoms with Crippen molar-refractivity contribution in [2.45, 2.75) is 76.5 Å². The molecule has 118 heavy (non-hydrogen) atoms. The Morgan fingerprint density at radius 3 is 1.15 bits per heavy atom. The molecule has 0 aliphatic rings. The fraction of sp³-hybridized carbons (Fsp3) is 0.110. The van der Waals surface area contributed by atoms with Crippen LogP contribution in [0.25, 0.3) is 0 Å². The zero-order valence-corrected chi connectivity index (χ0v) is 69.5. The van der Waals surface area contributed by atoms with Crippen LogP contribution in [0.3, 0.4) is 0 Å². The maximum atomic E-state index is 13.0. The molecule has 13 rings (SSSR count). The van der Waals surface area contributed by atoms with Crippen LogP contribution in [-0.4, -0.2) is 122 Å². The molecule has 8 N–H and O–H groups in total. The molecule has 0 aliphatic carbocycles.